The zero-order valence-electron chi connectivity index (χ0n) is 11.2. The summed E-state index contributed by atoms with van der Waals surface area (Å²) in [6.45, 7) is 2.10. The molecule has 0 spiro atoms. The first-order valence-corrected chi connectivity index (χ1v) is 6.61. The van der Waals surface area contributed by atoms with Gasteiger partial charge in [-0.2, -0.15) is 0 Å². The predicted molar refractivity (Wildman–Crippen MR) is 78.7 cm³/mol. The molecule has 3 heteroatoms. The highest BCUT2D eigenvalue weighted by molar-refractivity contribution is 5.88. The van der Waals surface area contributed by atoms with E-state index in [1.807, 2.05) is 12.1 Å². The molecular weight excluding hydrogens is 236 g/mol. The Hall–Kier alpha value is -1.87. The van der Waals surface area contributed by atoms with Crippen LogP contribution in [0.15, 0.2) is 36.4 Å². The third-order valence-corrected chi connectivity index (χ3v) is 3.51. The lowest BCUT2D eigenvalue weighted by Crippen LogP contribution is -2.14. The maximum atomic E-state index is 10.8. The van der Waals surface area contributed by atoms with Crippen LogP contribution in [0.5, 0.6) is 0 Å². The van der Waals surface area contributed by atoms with Gasteiger partial charge in [-0.3, -0.25) is 4.79 Å². The summed E-state index contributed by atoms with van der Waals surface area (Å²) >= 11 is 0. The number of fused-ring (bicyclic) bond motifs is 1. The van der Waals surface area contributed by atoms with E-state index in [4.69, 9.17) is 11.5 Å². The molecule has 0 aliphatic heterocycles. The average molecular weight is 256 g/mol. The molecule has 1 amide bonds. The molecule has 0 saturated carbocycles. The third-order valence-electron chi connectivity index (χ3n) is 3.51. The van der Waals surface area contributed by atoms with E-state index in [1.165, 1.54) is 16.3 Å². The molecule has 1 unspecified atom stereocenters. The first kappa shape index (κ1) is 13.6. The van der Waals surface area contributed by atoms with Gasteiger partial charge in [0.2, 0.25) is 5.91 Å². The minimum absolute atomic E-state index is 0.0511. The van der Waals surface area contributed by atoms with E-state index in [0.717, 1.165) is 18.4 Å². The summed E-state index contributed by atoms with van der Waals surface area (Å²) in [5, 5.41) is 2.44. The molecule has 0 aromatic heterocycles. The quantitative estimate of drug-likeness (QED) is 0.863. The lowest BCUT2D eigenvalue weighted by atomic mass is 9.94. The molecule has 0 aliphatic carbocycles. The number of hydrogen-bond donors (Lipinski definition) is 2. The number of rotatable bonds is 5. The van der Waals surface area contributed by atoms with Crippen molar-refractivity contribution in [1.82, 2.24) is 0 Å². The molecule has 0 aliphatic rings. The largest absolute Gasteiger partial charge is 0.370 e. The standard InChI is InChI=1S/C16H20N2O/c1-11-9-10-14(13-6-3-2-5-12(11)13)15(17)7-4-8-16(18)19/h2-3,5-6,9-10,15H,4,7-8,17H2,1H3,(H2,18,19). The molecule has 2 aromatic carbocycles. The van der Waals surface area contributed by atoms with Gasteiger partial charge in [0, 0.05) is 12.5 Å². The van der Waals surface area contributed by atoms with Crippen LogP contribution in [0, 0.1) is 6.92 Å². The van der Waals surface area contributed by atoms with Gasteiger partial charge >= 0.3 is 0 Å². The summed E-state index contributed by atoms with van der Waals surface area (Å²) in [6.07, 6.45) is 1.91. The van der Waals surface area contributed by atoms with Crippen LogP contribution in [0.4, 0.5) is 0 Å². The van der Waals surface area contributed by atoms with Crippen LogP contribution in [-0.4, -0.2) is 5.91 Å². The molecule has 19 heavy (non-hydrogen) atoms. The average Bonchev–Trinajstić information content (AvgIpc) is 2.39. The number of amides is 1. The monoisotopic (exact) mass is 256 g/mol. The minimum Gasteiger partial charge on any atom is -0.370 e. The van der Waals surface area contributed by atoms with Crippen LogP contribution in [0.1, 0.15) is 36.4 Å². The zero-order chi connectivity index (χ0) is 13.8. The SMILES string of the molecule is Cc1ccc(C(N)CCCC(N)=O)c2ccccc12. The van der Waals surface area contributed by atoms with Gasteiger partial charge in [-0.15, -0.1) is 0 Å². The number of carbonyl (C=O) groups excluding carboxylic acids is 1. The van der Waals surface area contributed by atoms with Gasteiger partial charge in [0.15, 0.2) is 0 Å². The number of benzene rings is 2. The van der Waals surface area contributed by atoms with E-state index < -0.39 is 0 Å². The van der Waals surface area contributed by atoms with Crippen LogP contribution in [0.25, 0.3) is 10.8 Å². The Labute approximate surface area is 113 Å². The Balaban J connectivity index is 2.24. The van der Waals surface area contributed by atoms with Crippen molar-refractivity contribution in [2.75, 3.05) is 0 Å². The van der Waals surface area contributed by atoms with Gasteiger partial charge in [0.05, 0.1) is 0 Å². The van der Waals surface area contributed by atoms with E-state index in [2.05, 4.69) is 31.2 Å². The molecule has 2 rings (SSSR count). The van der Waals surface area contributed by atoms with Crippen molar-refractivity contribution in [2.45, 2.75) is 32.2 Å². The Bertz CT molecular complexity index is 592. The molecule has 1 atom stereocenters. The lowest BCUT2D eigenvalue weighted by molar-refractivity contribution is -0.118. The van der Waals surface area contributed by atoms with E-state index in [0.29, 0.717) is 6.42 Å². The first-order valence-electron chi connectivity index (χ1n) is 6.61. The molecule has 4 N–H and O–H groups in total. The highest BCUT2D eigenvalue weighted by Crippen LogP contribution is 2.28. The summed E-state index contributed by atoms with van der Waals surface area (Å²) in [6, 6.07) is 12.4. The van der Waals surface area contributed by atoms with Crippen LogP contribution in [-0.2, 0) is 4.79 Å². The topological polar surface area (TPSA) is 69.1 Å². The fraction of sp³-hybridized carbons (Fsp3) is 0.312. The molecule has 0 saturated heterocycles. The van der Waals surface area contributed by atoms with Crippen LogP contribution < -0.4 is 11.5 Å². The van der Waals surface area contributed by atoms with Gasteiger partial charge in [0.25, 0.3) is 0 Å². The number of aryl methyl sites for hydroxylation is 1. The van der Waals surface area contributed by atoms with Crippen LogP contribution >= 0.6 is 0 Å². The number of primary amides is 1. The molecule has 0 radical (unpaired) electrons. The third kappa shape index (κ3) is 3.12. The van der Waals surface area contributed by atoms with Gasteiger partial charge in [0.1, 0.15) is 0 Å². The van der Waals surface area contributed by atoms with E-state index in [9.17, 15) is 4.79 Å². The maximum Gasteiger partial charge on any atom is 0.217 e. The van der Waals surface area contributed by atoms with Crippen LogP contribution in [0.3, 0.4) is 0 Å². The second kappa shape index (κ2) is 5.85. The fourth-order valence-corrected chi connectivity index (χ4v) is 2.45. The maximum absolute atomic E-state index is 10.8. The Morgan fingerprint density at radius 2 is 1.84 bits per heavy atom. The van der Waals surface area contributed by atoms with E-state index >= 15 is 0 Å². The fourth-order valence-electron chi connectivity index (χ4n) is 2.45. The first-order chi connectivity index (χ1) is 9.09. The lowest BCUT2D eigenvalue weighted by Gasteiger charge is -2.15. The van der Waals surface area contributed by atoms with E-state index in [1.54, 1.807) is 0 Å². The van der Waals surface area contributed by atoms with Crippen molar-refractivity contribution in [1.29, 1.82) is 0 Å². The number of nitrogens with two attached hydrogens (primary N) is 2. The van der Waals surface area contributed by atoms with Gasteiger partial charge in [-0.05, 0) is 41.7 Å². The minimum atomic E-state index is -0.263. The molecule has 100 valence electrons. The summed E-state index contributed by atoms with van der Waals surface area (Å²) in [4.78, 5) is 10.8. The summed E-state index contributed by atoms with van der Waals surface area (Å²) in [5.74, 6) is -0.263. The molecule has 0 heterocycles. The summed E-state index contributed by atoms with van der Waals surface area (Å²) in [7, 11) is 0. The highest BCUT2D eigenvalue weighted by atomic mass is 16.1. The van der Waals surface area contributed by atoms with Gasteiger partial charge < -0.3 is 11.5 Å². The van der Waals surface area contributed by atoms with Crippen LogP contribution in [0.2, 0.25) is 0 Å². The zero-order valence-corrected chi connectivity index (χ0v) is 11.2. The van der Waals surface area contributed by atoms with Gasteiger partial charge in [-0.25, -0.2) is 0 Å². The highest BCUT2D eigenvalue weighted by Gasteiger charge is 2.11. The second-order valence-electron chi connectivity index (χ2n) is 4.98. The summed E-state index contributed by atoms with van der Waals surface area (Å²) in [5.41, 5.74) is 13.8. The Morgan fingerprint density at radius 3 is 2.53 bits per heavy atom. The molecule has 2 aromatic rings. The van der Waals surface area contributed by atoms with Crippen molar-refractivity contribution in [2.24, 2.45) is 11.5 Å². The number of carbonyl (C=O) groups is 1. The Morgan fingerprint density at radius 1 is 1.16 bits per heavy atom. The smallest absolute Gasteiger partial charge is 0.217 e. The van der Waals surface area contributed by atoms with Gasteiger partial charge in [-0.1, -0.05) is 36.4 Å². The van der Waals surface area contributed by atoms with Crippen molar-refractivity contribution < 1.29 is 4.79 Å². The molecule has 0 bridgehead atoms. The summed E-state index contributed by atoms with van der Waals surface area (Å²) < 4.78 is 0. The predicted octanol–water partition coefficient (Wildman–Crippen LogP) is 2.80. The molecule has 0 fully saturated rings. The van der Waals surface area contributed by atoms with Crippen molar-refractivity contribution >= 4 is 16.7 Å². The number of hydrogen-bond acceptors (Lipinski definition) is 2. The normalized spacial score (nSPS) is 12.5. The molecule has 3 nitrogen and oxygen atoms in total. The Kier molecular flexibility index (Phi) is 4.17. The van der Waals surface area contributed by atoms with E-state index in [-0.39, 0.29) is 11.9 Å². The molecular formula is C16H20N2O. The van der Waals surface area contributed by atoms with Crippen molar-refractivity contribution in [3.8, 4) is 0 Å². The van der Waals surface area contributed by atoms with Crippen molar-refractivity contribution in [3.63, 3.8) is 0 Å². The second-order valence-corrected chi connectivity index (χ2v) is 4.98. The van der Waals surface area contributed by atoms with Crippen molar-refractivity contribution in [3.05, 3.63) is 47.5 Å².